The summed E-state index contributed by atoms with van der Waals surface area (Å²) in [5.74, 6) is 0.347. The smallest absolute Gasteiger partial charge is 0.116 e. The first-order valence-electron chi connectivity index (χ1n) is 4.83. The van der Waals surface area contributed by atoms with Crippen LogP contribution < -0.4 is 15.8 Å². The van der Waals surface area contributed by atoms with Crippen molar-refractivity contribution in [2.45, 2.75) is 0 Å². The second kappa shape index (κ2) is 2.75. The molecule has 14 heavy (non-hydrogen) atoms. The quantitative estimate of drug-likeness (QED) is 0.557. The molecule has 3 nitrogen and oxygen atoms in total. The Bertz CT molecular complexity index is 492. The summed E-state index contributed by atoms with van der Waals surface area (Å²) in [6.45, 7) is 2.82. The molecule has 0 radical (unpaired) electrons. The minimum absolute atomic E-state index is 0.347. The normalized spacial score (nSPS) is 18.9. The zero-order chi connectivity index (χ0) is 9.54. The van der Waals surface area contributed by atoms with E-state index in [1.807, 2.05) is 12.1 Å². The number of nitrogens with one attached hydrogen (secondary N) is 1. The van der Waals surface area contributed by atoms with Crippen molar-refractivity contribution in [1.82, 2.24) is 10.2 Å². The van der Waals surface area contributed by atoms with Crippen LogP contribution in [0.25, 0.3) is 11.8 Å². The van der Waals surface area contributed by atoms with Gasteiger partial charge in [-0.25, -0.2) is 0 Å². The van der Waals surface area contributed by atoms with E-state index in [0.29, 0.717) is 5.75 Å². The first-order valence-corrected chi connectivity index (χ1v) is 4.83. The predicted octanol–water partition coefficient (Wildman–Crippen LogP) is -0.843. The molecule has 0 atom stereocenters. The van der Waals surface area contributed by atoms with Crippen LogP contribution in [0.4, 0.5) is 0 Å². The van der Waals surface area contributed by atoms with Crippen LogP contribution >= 0.6 is 0 Å². The highest BCUT2D eigenvalue weighted by atomic mass is 16.3. The average molecular weight is 188 g/mol. The fourth-order valence-electron chi connectivity index (χ4n) is 2.15. The van der Waals surface area contributed by atoms with Gasteiger partial charge in [0.25, 0.3) is 0 Å². The van der Waals surface area contributed by atoms with E-state index in [1.165, 1.54) is 10.9 Å². The molecule has 2 aliphatic heterocycles. The van der Waals surface area contributed by atoms with Gasteiger partial charge in [-0.1, -0.05) is 6.08 Å². The molecule has 0 saturated carbocycles. The van der Waals surface area contributed by atoms with Crippen molar-refractivity contribution in [2.75, 3.05) is 19.8 Å². The van der Waals surface area contributed by atoms with Crippen molar-refractivity contribution in [1.29, 1.82) is 0 Å². The maximum absolute atomic E-state index is 9.37. The van der Waals surface area contributed by atoms with Crippen LogP contribution in [-0.4, -0.2) is 29.8 Å². The Hall–Kier alpha value is -1.48. The van der Waals surface area contributed by atoms with E-state index >= 15 is 0 Å². The van der Waals surface area contributed by atoms with E-state index in [4.69, 9.17) is 0 Å². The average Bonchev–Trinajstić information content (AvgIpc) is 2.65. The first-order chi connectivity index (χ1) is 6.84. The predicted molar refractivity (Wildman–Crippen MR) is 54.8 cm³/mol. The molecular weight excluding hydrogens is 176 g/mol. The topological polar surface area (TPSA) is 35.5 Å². The van der Waals surface area contributed by atoms with Crippen molar-refractivity contribution in [3.05, 3.63) is 28.6 Å². The zero-order valence-corrected chi connectivity index (χ0v) is 7.83. The molecular formula is C11H12N2O. The molecule has 1 fully saturated rings. The van der Waals surface area contributed by atoms with E-state index in [9.17, 15) is 5.11 Å². The molecule has 3 rings (SSSR count). The largest absolute Gasteiger partial charge is 0.508 e. The fourth-order valence-corrected chi connectivity index (χ4v) is 2.15. The number of phenolic OH excluding ortho intramolecular Hbond substituents is 1. The molecule has 1 aromatic rings. The molecule has 2 N–H and O–H groups in total. The van der Waals surface area contributed by atoms with Gasteiger partial charge in [0.1, 0.15) is 5.75 Å². The maximum atomic E-state index is 9.37. The molecule has 0 bridgehead atoms. The lowest BCUT2D eigenvalue weighted by molar-refractivity contribution is 0.464. The minimum Gasteiger partial charge on any atom is -0.508 e. The van der Waals surface area contributed by atoms with Crippen LogP contribution in [0.5, 0.6) is 5.75 Å². The summed E-state index contributed by atoms with van der Waals surface area (Å²) in [7, 11) is 0. The molecule has 2 aliphatic rings. The highest BCUT2D eigenvalue weighted by Gasteiger charge is 2.18. The van der Waals surface area contributed by atoms with Gasteiger partial charge < -0.3 is 10.0 Å². The number of rotatable bonds is 0. The summed E-state index contributed by atoms with van der Waals surface area (Å²) in [5.41, 5.74) is 1.35. The molecule has 0 aliphatic carbocycles. The van der Waals surface area contributed by atoms with E-state index < -0.39 is 0 Å². The second-order valence-corrected chi connectivity index (χ2v) is 3.73. The van der Waals surface area contributed by atoms with E-state index in [-0.39, 0.29) is 0 Å². The van der Waals surface area contributed by atoms with E-state index in [0.717, 1.165) is 25.0 Å². The van der Waals surface area contributed by atoms with Crippen molar-refractivity contribution in [3.8, 4) is 5.75 Å². The number of nitrogens with zero attached hydrogens (tertiary/aromatic N) is 1. The van der Waals surface area contributed by atoms with E-state index in [2.05, 4.69) is 16.3 Å². The van der Waals surface area contributed by atoms with Gasteiger partial charge in [0.05, 0.1) is 6.67 Å². The summed E-state index contributed by atoms with van der Waals surface area (Å²) < 4.78 is 0. The highest BCUT2D eigenvalue weighted by Crippen LogP contribution is 2.10. The lowest BCUT2D eigenvalue weighted by atomic mass is 10.1. The number of hydrogen-bond acceptors (Lipinski definition) is 3. The summed E-state index contributed by atoms with van der Waals surface area (Å²) in [5, 5.41) is 15.1. The number of hydrogen-bond donors (Lipinski definition) is 2. The van der Waals surface area contributed by atoms with E-state index in [1.54, 1.807) is 6.07 Å². The molecule has 1 saturated heterocycles. The minimum atomic E-state index is 0.347. The molecule has 0 aromatic heterocycles. The van der Waals surface area contributed by atoms with Crippen molar-refractivity contribution < 1.29 is 5.11 Å². The first kappa shape index (κ1) is 7.88. The molecule has 72 valence electrons. The summed E-state index contributed by atoms with van der Waals surface area (Å²) in [4.78, 5) is 2.32. The lowest BCUT2D eigenvalue weighted by Crippen LogP contribution is -2.37. The monoisotopic (exact) mass is 188 g/mol. The maximum Gasteiger partial charge on any atom is 0.116 e. The number of fused-ring (bicyclic) bond motifs is 2. The van der Waals surface area contributed by atoms with Gasteiger partial charge in [0.2, 0.25) is 0 Å². The van der Waals surface area contributed by atoms with Crippen molar-refractivity contribution in [2.24, 2.45) is 0 Å². The zero-order valence-electron chi connectivity index (χ0n) is 7.83. The Labute approximate surface area is 82.0 Å². The van der Waals surface area contributed by atoms with Crippen LogP contribution in [0.3, 0.4) is 0 Å². The highest BCUT2D eigenvalue weighted by molar-refractivity contribution is 5.54. The van der Waals surface area contributed by atoms with Crippen LogP contribution in [-0.2, 0) is 0 Å². The van der Waals surface area contributed by atoms with Crippen LogP contribution in [0.2, 0.25) is 0 Å². The standard InChI is InChI=1S/C11H12N2O/c14-9-1-2-10-8(5-9)3-4-13-7-12-6-11(10)13/h1-3,5,12,14H,4,6-7H2. The number of aromatic hydroxyl groups is 1. The van der Waals surface area contributed by atoms with Gasteiger partial charge in [-0.15, -0.1) is 0 Å². The van der Waals surface area contributed by atoms with Gasteiger partial charge >= 0.3 is 0 Å². The van der Waals surface area contributed by atoms with Crippen molar-refractivity contribution >= 4 is 11.8 Å². The van der Waals surface area contributed by atoms with Gasteiger partial charge in [-0.2, -0.15) is 0 Å². The summed E-state index contributed by atoms with van der Waals surface area (Å²) >= 11 is 0. The number of phenols is 1. The Kier molecular flexibility index (Phi) is 1.55. The molecule has 0 spiro atoms. The Morgan fingerprint density at radius 3 is 3.21 bits per heavy atom. The molecule has 1 aromatic carbocycles. The molecule has 0 unspecified atom stereocenters. The third-order valence-electron chi connectivity index (χ3n) is 2.85. The lowest BCUT2D eigenvalue weighted by Gasteiger charge is -2.20. The Morgan fingerprint density at radius 1 is 1.36 bits per heavy atom. The summed E-state index contributed by atoms with van der Waals surface area (Å²) in [6, 6.07) is 5.58. The summed E-state index contributed by atoms with van der Waals surface area (Å²) in [6.07, 6.45) is 2.16. The van der Waals surface area contributed by atoms with Crippen LogP contribution in [0.15, 0.2) is 18.2 Å². The SMILES string of the molecule is Oc1ccc2c(c1)=CCN1CNCC=21. The van der Waals surface area contributed by atoms with Crippen LogP contribution in [0, 0.1) is 0 Å². The second-order valence-electron chi connectivity index (χ2n) is 3.73. The third-order valence-corrected chi connectivity index (χ3v) is 2.85. The Balaban J connectivity index is 2.35. The van der Waals surface area contributed by atoms with Gasteiger partial charge in [-0.05, 0) is 23.4 Å². The molecule has 2 heterocycles. The van der Waals surface area contributed by atoms with Crippen LogP contribution in [0.1, 0.15) is 0 Å². The fraction of sp³-hybridized carbons (Fsp3) is 0.273. The van der Waals surface area contributed by atoms with Gasteiger partial charge in [0, 0.05) is 24.0 Å². The van der Waals surface area contributed by atoms with Gasteiger partial charge in [-0.3, -0.25) is 5.32 Å². The van der Waals surface area contributed by atoms with Gasteiger partial charge in [0.15, 0.2) is 0 Å². The molecule has 3 heteroatoms. The van der Waals surface area contributed by atoms with Crippen molar-refractivity contribution in [3.63, 3.8) is 0 Å². The molecule has 0 amide bonds. The third kappa shape index (κ3) is 1.02. The Morgan fingerprint density at radius 2 is 2.29 bits per heavy atom. The number of benzene rings is 1.